The van der Waals surface area contributed by atoms with Crippen molar-refractivity contribution in [2.75, 3.05) is 0 Å². The van der Waals surface area contributed by atoms with Crippen LogP contribution in [0.5, 0.6) is 0 Å². The van der Waals surface area contributed by atoms with Crippen molar-refractivity contribution in [1.82, 2.24) is 24.9 Å². The van der Waals surface area contributed by atoms with E-state index in [2.05, 4.69) is 20.2 Å². The smallest absolute Gasteiger partial charge is 0.252 e. The molecule has 88 valence electrons. The van der Waals surface area contributed by atoms with Crippen LogP contribution in [-0.4, -0.2) is 24.9 Å². The summed E-state index contributed by atoms with van der Waals surface area (Å²) in [6.45, 7) is 0.252. The van der Waals surface area contributed by atoms with Gasteiger partial charge in [0.2, 0.25) is 11.7 Å². The topological polar surface area (TPSA) is 107 Å². The summed E-state index contributed by atoms with van der Waals surface area (Å²) in [5, 5.41) is 16.3. The lowest BCUT2D eigenvalue weighted by Gasteiger charge is -1.91. The molecule has 0 bridgehead atoms. The Morgan fingerprint density at radius 2 is 2.39 bits per heavy atom. The van der Waals surface area contributed by atoms with Gasteiger partial charge in [-0.15, -0.1) is 5.10 Å². The quantitative estimate of drug-likeness (QED) is 0.669. The third kappa shape index (κ3) is 1.84. The van der Waals surface area contributed by atoms with Gasteiger partial charge in [0.25, 0.3) is 5.82 Å². The number of nitriles is 1. The summed E-state index contributed by atoms with van der Waals surface area (Å²) in [5.41, 5.74) is 0. The zero-order valence-electron chi connectivity index (χ0n) is 9.02. The minimum Gasteiger partial charge on any atom is -0.461 e. The van der Waals surface area contributed by atoms with E-state index in [1.54, 1.807) is 12.1 Å². The van der Waals surface area contributed by atoms with Crippen LogP contribution in [0.1, 0.15) is 11.7 Å². The van der Waals surface area contributed by atoms with Gasteiger partial charge in [-0.25, -0.2) is 9.67 Å². The van der Waals surface area contributed by atoms with Gasteiger partial charge in [-0.2, -0.15) is 10.2 Å². The molecule has 3 aromatic heterocycles. The van der Waals surface area contributed by atoms with Crippen LogP contribution in [0.15, 0.2) is 33.7 Å². The fourth-order valence-electron chi connectivity index (χ4n) is 1.39. The van der Waals surface area contributed by atoms with Crippen LogP contribution in [0.3, 0.4) is 0 Å². The summed E-state index contributed by atoms with van der Waals surface area (Å²) >= 11 is 0. The van der Waals surface area contributed by atoms with Gasteiger partial charge in [0.05, 0.1) is 6.26 Å². The molecule has 3 heterocycles. The maximum Gasteiger partial charge on any atom is 0.252 e. The first-order valence-corrected chi connectivity index (χ1v) is 5.01. The lowest BCUT2D eigenvalue weighted by molar-refractivity contribution is 0.365. The van der Waals surface area contributed by atoms with E-state index in [0.29, 0.717) is 17.5 Å². The second kappa shape index (κ2) is 4.14. The number of aromatic nitrogens is 5. The third-order valence-electron chi connectivity index (χ3n) is 2.14. The van der Waals surface area contributed by atoms with E-state index in [-0.39, 0.29) is 12.4 Å². The fraction of sp³-hybridized carbons (Fsp3) is 0.100. The molecule has 0 saturated heterocycles. The van der Waals surface area contributed by atoms with Crippen LogP contribution in [0.2, 0.25) is 0 Å². The Balaban J connectivity index is 1.80. The van der Waals surface area contributed by atoms with Crippen molar-refractivity contribution in [1.29, 1.82) is 5.26 Å². The molecule has 0 aromatic carbocycles. The fourth-order valence-corrected chi connectivity index (χ4v) is 1.39. The van der Waals surface area contributed by atoms with Crippen molar-refractivity contribution >= 4 is 0 Å². The van der Waals surface area contributed by atoms with Crippen LogP contribution >= 0.6 is 0 Å². The molecule has 8 heteroatoms. The molecule has 0 unspecified atom stereocenters. The molecule has 0 spiro atoms. The predicted molar refractivity (Wildman–Crippen MR) is 55.8 cm³/mol. The molecular formula is C10H6N6O2. The van der Waals surface area contributed by atoms with E-state index >= 15 is 0 Å². The number of hydrogen-bond acceptors (Lipinski definition) is 7. The minimum absolute atomic E-state index is 0.0979. The molecule has 0 atom stereocenters. The Kier molecular flexibility index (Phi) is 2.35. The van der Waals surface area contributed by atoms with Crippen molar-refractivity contribution in [2.45, 2.75) is 6.54 Å². The van der Waals surface area contributed by atoms with Crippen LogP contribution < -0.4 is 0 Å². The summed E-state index contributed by atoms with van der Waals surface area (Å²) in [4.78, 5) is 7.91. The first-order valence-electron chi connectivity index (χ1n) is 5.01. The molecule has 8 nitrogen and oxygen atoms in total. The standard InChI is InChI=1S/C10H6N6O2/c11-4-8-12-6-16(14-8)5-9-13-10(15-18-9)7-2-1-3-17-7/h1-3,6H,5H2. The van der Waals surface area contributed by atoms with Gasteiger partial charge in [-0.3, -0.25) is 0 Å². The Hall–Kier alpha value is -2.95. The number of furan rings is 1. The highest BCUT2D eigenvalue weighted by atomic mass is 16.5. The molecule has 18 heavy (non-hydrogen) atoms. The van der Waals surface area contributed by atoms with Gasteiger partial charge >= 0.3 is 0 Å². The second-order valence-corrected chi connectivity index (χ2v) is 3.37. The van der Waals surface area contributed by atoms with E-state index in [9.17, 15) is 0 Å². The largest absolute Gasteiger partial charge is 0.461 e. The monoisotopic (exact) mass is 242 g/mol. The molecule has 0 aliphatic rings. The second-order valence-electron chi connectivity index (χ2n) is 3.37. The van der Waals surface area contributed by atoms with Gasteiger partial charge in [-0.05, 0) is 12.1 Å². The Labute approximate surface area is 100 Å². The average Bonchev–Trinajstić information content (AvgIpc) is 3.10. The van der Waals surface area contributed by atoms with Crippen LogP contribution in [-0.2, 0) is 6.54 Å². The predicted octanol–water partition coefficient (Wildman–Crippen LogP) is 0.841. The van der Waals surface area contributed by atoms with E-state index < -0.39 is 0 Å². The summed E-state index contributed by atoms with van der Waals surface area (Å²) in [6.07, 6.45) is 2.96. The molecular weight excluding hydrogens is 236 g/mol. The number of nitrogens with zero attached hydrogens (tertiary/aromatic N) is 6. The van der Waals surface area contributed by atoms with Gasteiger partial charge in [0.15, 0.2) is 5.76 Å². The van der Waals surface area contributed by atoms with E-state index in [0.717, 1.165) is 0 Å². The van der Waals surface area contributed by atoms with Crippen LogP contribution in [0, 0.1) is 11.3 Å². The average molecular weight is 242 g/mol. The highest BCUT2D eigenvalue weighted by Gasteiger charge is 2.11. The number of rotatable bonds is 3. The molecule has 3 aromatic rings. The first kappa shape index (κ1) is 10.2. The highest BCUT2D eigenvalue weighted by Crippen LogP contribution is 2.15. The van der Waals surface area contributed by atoms with E-state index in [1.807, 2.05) is 6.07 Å². The van der Waals surface area contributed by atoms with Crippen molar-refractivity contribution in [3.05, 3.63) is 36.4 Å². The molecule has 0 radical (unpaired) electrons. The van der Waals surface area contributed by atoms with Gasteiger partial charge in [-0.1, -0.05) is 5.16 Å². The van der Waals surface area contributed by atoms with Gasteiger partial charge < -0.3 is 8.94 Å². The number of hydrogen-bond donors (Lipinski definition) is 0. The zero-order chi connectivity index (χ0) is 12.4. The Bertz CT molecular complexity index is 690. The third-order valence-corrected chi connectivity index (χ3v) is 2.14. The Morgan fingerprint density at radius 3 is 3.11 bits per heavy atom. The van der Waals surface area contributed by atoms with Gasteiger partial charge in [0.1, 0.15) is 18.9 Å². The molecule has 3 rings (SSSR count). The lowest BCUT2D eigenvalue weighted by Crippen LogP contribution is -2.00. The zero-order valence-corrected chi connectivity index (χ0v) is 9.02. The van der Waals surface area contributed by atoms with E-state index in [4.69, 9.17) is 14.2 Å². The molecule has 0 fully saturated rings. The molecule has 0 aliphatic carbocycles. The lowest BCUT2D eigenvalue weighted by atomic mass is 10.4. The first-order chi connectivity index (χ1) is 8.85. The SMILES string of the molecule is N#Cc1ncn(Cc2nc(-c3ccco3)no2)n1. The van der Waals surface area contributed by atoms with Gasteiger partial charge in [0, 0.05) is 0 Å². The van der Waals surface area contributed by atoms with Crippen molar-refractivity contribution < 1.29 is 8.94 Å². The molecule has 0 amide bonds. The van der Waals surface area contributed by atoms with Crippen molar-refractivity contribution in [2.24, 2.45) is 0 Å². The minimum atomic E-state index is 0.0979. The van der Waals surface area contributed by atoms with Crippen LogP contribution in [0.4, 0.5) is 0 Å². The summed E-state index contributed by atoms with van der Waals surface area (Å²) in [7, 11) is 0. The van der Waals surface area contributed by atoms with E-state index in [1.165, 1.54) is 17.3 Å². The molecule has 0 saturated carbocycles. The van der Waals surface area contributed by atoms with Crippen molar-refractivity contribution in [3.8, 4) is 17.7 Å². The van der Waals surface area contributed by atoms with Crippen LogP contribution in [0.25, 0.3) is 11.6 Å². The summed E-state index contributed by atoms with van der Waals surface area (Å²) < 4.78 is 11.6. The molecule has 0 N–H and O–H groups in total. The summed E-state index contributed by atoms with van der Waals surface area (Å²) in [6, 6.07) is 5.31. The maximum atomic E-state index is 8.59. The summed E-state index contributed by atoms with van der Waals surface area (Å²) in [5.74, 6) is 1.36. The maximum absolute atomic E-state index is 8.59. The molecule has 0 aliphatic heterocycles. The normalized spacial score (nSPS) is 10.4. The Morgan fingerprint density at radius 1 is 1.44 bits per heavy atom. The van der Waals surface area contributed by atoms with Crippen molar-refractivity contribution in [3.63, 3.8) is 0 Å². The highest BCUT2D eigenvalue weighted by molar-refractivity contribution is 5.44.